The number of carboxylic acid groups (broad SMARTS) is 1. The fraction of sp³-hybridized carbons (Fsp3) is 0.750. The molecule has 0 saturated heterocycles. The monoisotopic (exact) mass is 329 g/mol. The molecule has 1 fully saturated rings. The summed E-state index contributed by atoms with van der Waals surface area (Å²) in [4.78, 5) is 23.5. The van der Waals surface area contributed by atoms with Crippen molar-refractivity contribution in [3.05, 3.63) is 10.6 Å². The number of nitrogens with one attached hydrogen (secondary N) is 1. The summed E-state index contributed by atoms with van der Waals surface area (Å²) < 4.78 is 5.33. The lowest BCUT2D eigenvalue weighted by Gasteiger charge is -2.43. The third-order valence-corrected chi connectivity index (χ3v) is 5.26. The molecule has 0 aromatic rings. The molecule has 1 heterocycles. The molecule has 0 aromatic heterocycles. The summed E-state index contributed by atoms with van der Waals surface area (Å²) >= 11 is 6.22. The third-order valence-electron chi connectivity index (χ3n) is 4.84. The Kier molecular flexibility index (Phi) is 5.87. The second-order valence-corrected chi connectivity index (χ2v) is 6.55. The maximum absolute atomic E-state index is 12.0. The van der Waals surface area contributed by atoms with Crippen molar-refractivity contribution < 1.29 is 19.4 Å². The number of carboxylic acids is 1. The van der Waals surface area contributed by atoms with Crippen molar-refractivity contribution in [2.45, 2.75) is 57.6 Å². The number of halogens is 1. The van der Waals surface area contributed by atoms with E-state index < -0.39 is 11.9 Å². The molecule has 6 heteroatoms. The second-order valence-electron chi connectivity index (χ2n) is 6.17. The van der Waals surface area contributed by atoms with Gasteiger partial charge in [-0.3, -0.25) is 9.59 Å². The largest absolute Gasteiger partial charge is 0.481 e. The molecule has 1 aliphatic heterocycles. The molecule has 0 spiro atoms. The van der Waals surface area contributed by atoms with Crippen molar-refractivity contribution in [3.63, 3.8) is 0 Å². The van der Waals surface area contributed by atoms with E-state index in [1.54, 1.807) is 0 Å². The Balaban J connectivity index is 2.22. The summed E-state index contributed by atoms with van der Waals surface area (Å²) in [7, 11) is 1.52. The van der Waals surface area contributed by atoms with Crippen molar-refractivity contribution in [1.29, 1.82) is 0 Å². The lowest BCUT2D eigenvalue weighted by molar-refractivity contribution is -0.150. The van der Waals surface area contributed by atoms with E-state index in [-0.39, 0.29) is 29.0 Å². The van der Waals surface area contributed by atoms with Crippen LogP contribution in [0.4, 0.5) is 0 Å². The SMILES string of the molecule is CCCCCC1=C(Cl)C(=O)NC2CC(OC)C(C(=O)O)CC12. The number of hydrogen-bond acceptors (Lipinski definition) is 3. The van der Waals surface area contributed by atoms with E-state index >= 15 is 0 Å². The van der Waals surface area contributed by atoms with Crippen LogP contribution in [0.5, 0.6) is 0 Å². The van der Waals surface area contributed by atoms with Crippen LogP contribution in [0.15, 0.2) is 10.6 Å². The summed E-state index contributed by atoms with van der Waals surface area (Å²) in [6.07, 6.45) is 4.54. The van der Waals surface area contributed by atoms with E-state index in [1.807, 2.05) is 0 Å². The molecule has 0 aromatic carbocycles. The van der Waals surface area contributed by atoms with Gasteiger partial charge in [0.25, 0.3) is 5.91 Å². The van der Waals surface area contributed by atoms with Crippen LogP contribution in [0.1, 0.15) is 45.4 Å². The Hall–Kier alpha value is -1.07. The number of aliphatic carboxylic acids is 1. The average molecular weight is 330 g/mol. The molecule has 4 unspecified atom stereocenters. The molecule has 1 aliphatic carbocycles. The number of fused-ring (bicyclic) bond motifs is 1. The molecule has 1 amide bonds. The van der Waals surface area contributed by atoms with Crippen molar-refractivity contribution in [2.75, 3.05) is 7.11 Å². The Labute approximate surface area is 136 Å². The first-order chi connectivity index (χ1) is 10.5. The normalized spacial score (nSPS) is 31.7. The minimum atomic E-state index is -0.841. The number of carbonyl (C=O) groups excluding carboxylic acids is 1. The van der Waals surface area contributed by atoms with Crippen molar-refractivity contribution in [2.24, 2.45) is 11.8 Å². The highest BCUT2D eigenvalue weighted by molar-refractivity contribution is 6.42. The van der Waals surface area contributed by atoms with E-state index in [9.17, 15) is 14.7 Å². The number of hydrogen-bond donors (Lipinski definition) is 2. The lowest BCUT2D eigenvalue weighted by Crippen LogP contribution is -2.53. The molecule has 2 N–H and O–H groups in total. The van der Waals surface area contributed by atoms with Gasteiger partial charge in [-0.15, -0.1) is 0 Å². The quantitative estimate of drug-likeness (QED) is 0.735. The summed E-state index contributed by atoms with van der Waals surface area (Å²) in [5.74, 6) is -1.62. The maximum atomic E-state index is 12.0. The first-order valence-electron chi connectivity index (χ1n) is 7.94. The van der Waals surface area contributed by atoms with Crippen molar-refractivity contribution in [1.82, 2.24) is 5.32 Å². The molecule has 124 valence electrons. The fourth-order valence-corrected chi connectivity index (χ4v) is 3.92. The highest BCUT2D eigenvalue weighted by Crippen LogP contribution is 2.41. The smallest absolute Gasteiger partial charge is 0.309 e. The number of ether oxygens (including phenoxy) is 1. The van der Waals surface area contributed by atoms with Crippen LogP contribution < -0.4 is 5.32 Å². The summed E-state index contributed by atoms with van der Waals surface area (Å²) in [6.45, 7) is 2.12. The zero-order chi connectivity index (χ0) is 16.3. The predicted octanol–water partition coefficient (Wildman–Crippen LogP) is 2.68. The van der Waals surface area contributed by atoms with Gasteiger partial charge in [-0.1, -0.05) is 31.4 Å². The van der Waals surface area contributed by atoms with E-state index in [0.29, 0.717) is 12.8 Å². The molecule has 0 radical (unpaired) electrons. The first-order valence-corrected chi connectivity index (χ1v) is 8.32. The van der Waals surface area contributed by atoms with Gasteiger partial charge in [0.05, 0.1) is 12.0 Å². The maximum Gasteiger partial charge on any atom is 0.309 e. The summed E-state index contributed by atoms with van der Waals surface area (Å²) in [6, 6.07) is -0.0767. The van der Waals surface area contributed by atoms with Crippen LogP contribution >= 0.6 is 11.6 Å². The number of rotatable bonds is 6. The van der Waals surface area contributed by atoms with Crippen molar-refractivity contribution in [3.8, 4) is 0 Å². The second kappa shape index (κ2) is 7.47. The van der Waals surface area contributed by atoms with Gasteiger partial charge in [-0.2, -0.15) is 0 Å². The van der Waals surface area contributed by atoms with Gasteiger partial charge in [-0.05, 0) is 31.3 Å². The van der Waals surface area contributed by atoms with Crippen LogP contribution in [0.3, 0.4) is 0 Å². The molecule has 4 atom stereocenters. The number of amides is 1. The standard InChI is InChI=1S/C16H24ClNO4/c1-3-4-5-6-9-10-7-11(16(20)21)13(22-2)8-12(10)18-15(19)14(9)17/h10-13H,3-8H2,1-2H3,(H,18,19)(H,20,21). The fourth-order valence-electron chi connectivity index (χ4n) is 3.63. The summed E-state index contributed by atoms with van der Waals surface area (Å²) in [5.41, 5.74) is 0.935. The Bertz CT molecular complexity index is 477. The molecule has 0 bridgehead atoms. The number of methoxy groups -OCH3 is 1. The van der Waals surface area contributed by atoms with Gasteiger partial charge in [0, 0.05) is 19.1 Å². The van der Waals surface area contributed by atoms with Gasteiger partial charge in [0.2, 0.25) is 0 Å². The van der Waals surface area contributed by atoms with Crippen LogP contribution in [0.2, 0.25) is 0 Å². The molecule has 2 aliphatic rings. The van der Waals surface area contributed by atoms with Gasteiger partial charge in [-0.25, -0.2) is 0 Å². The highest BCUT2D eigenvalue weighted by Gasteiger charge is 2.45. The van der Waals surface area contributed by atoms with E-state index in [2.05, 4.69) is 12.2 Å². The Morgan fingerprint density at radius 3 is 2.73 bits per heavy atom. The number of unbranched alkanes of at least 4 members (excludes halogenated alkanes) is 2. The van der Waals surface area contributed by atoms with Crippen LogP contribution in [-0.2, 0) is 14.3 Å². The average Bonchev–Trinajstić information content (AvgIpc) is 2.49. The molecular weight excluding hydrogens is 306 g/mol. The lowest BCUT2D eigenvalue weighted by atomic mass is 9.70. The minimum Gasteiger partial charge on any atom is -0.481 e. The van der Waals surface area contributed by atoms with E-state index in [4.69, 9.17) is 16.3 Å². The first kappa shape index (κ1) is 17.3. The molecular formula is C16H24ClNO4. The van der Waals surface area contributed by atoms with Crippen LogP contribution in [0, 0.1) is 11.8 Å². The molecule has 5 nitrogen and oxygen atoms in total. The predicted molar refractivity (Wildman–Crippen MR) is 83.6 cm³/mol. The van der Waals surface area contributed by atoms with Crippen LogP contribution in [-0.4, -0.2) is 36.2 Å². The molecule has 1 saturated carbocycles. The van der Waals surface area contributed by atoms with E-state index in [1.165, 1.54) is 7.11 Å². The zero-order valence-corrected chi connectivity index (χ0v) is 13.9. The van der Waals surface area contributed by atoms with Gasteiger partial charge in [0.15, 0.2) is 0 Å². The molecule has 2 rings (SSSR count). The third kappa shape index (κ3) is 3.46. The number of carbonyl (C=O) groups is 2. The molecule has 22 heavy (non-hydrogen) atoms. The zero-order valence-electron chi connectivity index (χ0n) is 13.1. The minimum absolute atomic E-state index is 0.00885. The van der Waals surface area contributed by atoms with Gasteiger partial charge in [0.1, 0.15) is 5.03 Å². The van der Waals surface area contributed by atoms with Gasteiger partial charge < -0.3 is 15.2 Å². The topological polar surface area (TPSA) is 75.6 Å². The Morgan fingerprint density at radius 1 is 1.41 bits per heavy atom. The highest BCUT2D eigenvalue weighted by atomic mass is 35.5. The van der Waals surface area contributed by atoms with E-state index in [0.717, 1.165) is 31.3 Å². The van der Waals surface area contributed by atoms with Crippen LogP contribution in [0.25, 0.3) is 0 Å². The Morgan fingerprint density at radius 2 is 2.14 bits per heavy atom. The van der Waals surface area contributed by atoms with Crippen molar-refractivity contribution >= 4 is 23.5 Å². The summed E-state index contributed by atoms with van der Waals surface area (Å²) in [5, 5.41) is 12.6. The van der Waals surface area contributed by atoms with Gasteiger partial charge >= 0.3 is 5.97 Å².